The highest BCUT2D eigenvalue weighted by molar-refractivity contribution is 4.73. The normalized spacial score (nSPS) is 13.2. The lowest BCUT2D eigenvalue weighted by molar-refractivity contribution is 0.599. The average Bonchev–Trinajstić information content (AvgIpc) is 1.83. The van der Waals surface area contributed by atoms with E-state index < -0.39 is 0 Å². The van der Waals surface area contributed by atoms with Gasteiger partial charge in [-0.1, -0.05) is 32.8 Å². The Hall–Kier alpha value is -0.260. The Morgan fingerprint density at radius 1 is 1.62 bits per heavy atom. The summed E-state index contributed by atoms with van der Waals surface area (Å²) >= 11 is 0. The van der Waals surface area contributed by atoms with Crippen molar-refractivity contribution < 1.29 is 0 Å². The molecule has 0 aliphatic heterocycles. The second kappa shape index (κ2) is 4.89. The van der Waals surface area contributed by atoms with Gasteiger partial charge in [-0.05, 0) is 12.3 Å². The van der Waals surface area contributed by atoms with E-state index in [4.69, 9.17) is 0 Å². The van der Waals surface area contributed by atoms with Crippen LogP contribution in [0.3, 0.4) is 0 Å². The van der Waals surface area contributed by atoms with Gasteiger partial charge in [-0.3, -0.25) is 0 Å². The summed E-state index contributed by atoms with van der Waals surface area (Å²) in [5, 5.41) is 0. The molecule has 0 unspecified atom stereocenters. The van der Waals surface area contributed by atoms with E-state index >= 15 is 0 Å². The summed E-state index contributed by atoms with van der Waals surface area (Å²) in [4.78, 5) is 0. The molecule has 0 aromatic heterocycles. The molecular weight excluding hydrogens is 96.1 g/mol. The maximum absolute atomic E-state index is 3.71. The predicted molar refractivity (Wildman–Crippen MR) is 38.9 cm³/mol. The van der Waals surface area contributed by atoms with Gasteiger partial charge < -0.3 is 0 Å². The van der Waals surface area contributed by atoms with E-state index in [0.29, 0.717) is 0 Å². The largest absolute Gasteiger partial charge is 0.103 e. The molecule has 0 aliphatic carbocycles. The van der Waals surface area contributed by atoms with Crippen LogP contribution in [0, 0.1) is 5.92 Å². The molecule has 0 saturated carbocycles. The van der Waals surface area contributed by atoms with Crippen LogP contribution in [0.4, 0.5) is 0 Å². The third kappa shape index (κ3) is 3.91. The highest BCUT2D eigenvalue weighted by Gasteiger charge is 1.91. The molecule has 0 aliphatic rings. The van der Waals surface area contributed by atoms with Crippen molar-refractivity contribution in [2.45, 2.75) is 33.1 Å². The standard InChI is InChI=1S/C8H16/c1-4-6-7-8(3)5-2/h5,8H,2,4,6-7H2,1,3H3/t8-/m0/s1. The molecule has 0 amide bonds. The maximum Gasteiger partial charge on any atom is -0.0265 e. The fourth-order valence-electron chi connectivity index (χ4n) is 0.644. The van der Waals surface area contributed by atoms with E-state index in [0.717, 1.165) is 5.92 Å². The molecule has 0 nitrogen and oxygen atoms in total. The SMILES string of the molecule is C=C[C@H](C)CCCC. The Morgan fingerprint density at radius 3 is 2.62 bits per heavy atom. The van der Waals surface area contributed by atoms with Crippen LogP contribution >= 0.6 is 0 Å². The van der Waals surface area contributed by atoms with Crippen LogP contribution in [-0.4, -0.2) is 0 Å². The zero-order chi connectivity index (χ0) is 6.41. The molecule has 0 N–H and O–H groups in total. The Morgan fingerprint density at radius 2 is 2.25 bits per heavy atom. The minimum Gasteiger partial charge on any atom is -0.103 e. The van der Waals surface area contributed by atoms with Gasteiger partial charge in [0.1, 0.15) is 0 Å². The lowest BCUT2D eigenvalue weighted by atomic mass is 10.1. The molecule has 0 spiro atoms. The summed E-state index contributed by atoms with van der Waals surface area (Å²) in [6, 6.07) is 0. The van der Waals surface area contributed by atoms with Gasteiger partial charge in [-0.15, -0.1) is 6.58 Å². The summed E-state index contributed by atoms with van der Waals surface area (Å²) in [5.74, 6) is 0.718. The molecule has 48 valence electrons. The summed E-state index contributed by atoms with van der Waals surface area (Å²) < 4.78 is 0. The molecule has 0 heteroatoms. The van der Waals surface area contributed by atoms with Crippen molar-refractivity contribution in [2.75, 3.05) is 0 Å². The molecule has 0 heterocycles. The number of hydrogen-bond donors (Lipinski definition) is 0. The van der Waals surface area contributed by atoms with Crippen molar-refractivity contribution in [1.82, 2.24) is 0 Å². The average molecular weight is 112 g/mol. The molecule has 0 bridgehead atoms. The lowest BCUT2D eigenvalue weighted by Crippen LogP contribution is -1.86. The van der Waals surface area contributed by atoms with E-state index in [1.54, 1.807) is 0 Å². The number of rotatable bonds is 4. The Labute approximate surface area is 52.6 Å². The smallest absolute Gasteiger partial charge is 0.0265 e. The quantitative estimate of drug-likeness (QED) is 0.490. The number of unbranched alkanes of at least 4 members (excludes halogenated alkanes) is 1. The van der Waals surface area contributed by atoms with Gasteiger partial charge in [-0.2, -0.15) is 0 Å². The van der Waals surface area contributed by atoms with Gasteiger partial charge in [0.05, 0.1) is 0 Å². The monoisotopic (exact) mass is 112 g/mol. The Kier molecular flexibility index (Phi) is 4.73. The molecule has 0 aromatic carbocycles. The van der Waals surface area contributed by atoms with Crippen LogP contribution in [0.1, 0.15) is 33.1 Å². The van der Waals surface area contributed by atoms with E-state index in [1.165, 1.54) is 19.3 Å². The highest BCUT2D eigenvalue weighted by Crippen LogP contribution is 2.06. The summed E-state index contributed by atoms with van der Waals surface area (Å²) in [7, 11) is 0. The van der Waals surface area contributed by atoms with Crippen LogP contribution in [0.5, 0.6) is 0 Å². The first kappa shape index (κ1) is 7.74. The van der Waals surface area contributed by atoms with Gasteiger partial charge in [0.25, 0.3) is 0 Å². The van der Waals surface area contributed by atoms with Crippen molar-refractivity contribution >= 4 is 0 Å². The molecule has 1 atom stereocenters. The Bertz CT molecular complexity index is 55.1. The first-order valence-electron chi connectivity index (χ1n) is 3.43. The fourth-order valence-corrected chi connectivity index (χ4v) is 0.644. The summed E-state index contributed by atoms with van der Waals surface area (Å²) in [6.45, 7) is 8.14. The van der Waals surface area contributed by atoms with Gasteiger partial charge >= 0.3 is 0 Å². The van der Waals surface area contributed by atoms with Crippen molar-refractivity contribution in [3.05, 3.63) is 12.7 Å². The lowest BCUT2D eigenvalue weighted by Gasteiger charge is -2.00. The van der Waals surface area contributed by atoms with E-state index in [-0.39, 0.29) is 0 Å². The van der Waals surface area contributed by atoms with E-state index in [9.17, 15) is 0 Å². The van der Waals surface area contributed by atoms with Crippen molar-refractivity contribution in [3.8, 4) is 0 Å². The third-order valence-electron chi connectivity index (χ3n) is 1.42. The molecular formula is C8H16. The van der Waals surface area contributed by atoms with Crippen LogP contribution < -0.4 is 0 Å². The topological polar surface area (TPSA) is 0 Å². The van der Waals surface area contributed by atoms with Crippen LogP contribution in [-0.2, 0) is 0 Å². The van der Waals surface area contributed by atoms with Crippen molar-refractivity contribution in [1.29, 1.82) is 0 Å². The highest BCUT2D eigenvalue weighted by atomic mass is 14.0. The molecule has 0 fully saturated rings. The first-order valence-corrected chi connectivity index (χ1v) is 3.43. The second-order valence-electron chi connectivity index (χ2n) is 2.36. The summed E-state index contributed by atoms with van der Waals surface area (Å²) in [6.07, 6.45) is 5.97. The molecule has 0 rings (SSSR count). The van der Waals surface area contributed by atoms with Gasteiger partial charge in [0.15, 0.2) is 0 Å². The number of allylic oxidation sites excluding steroid dienone is 1. The predicted octanol–water partition coefficient (Wildman–Crippen LogP) is 3.00. The van der Waals surface area contributed by atoms with Gasteiger partial charge in [0.2, 0.25) is 0 Å². The maximum atomic E-state index is 3.71. The third-order valence-corrected chi connectivity index (χ3v) is 1.42. The number of hydrogen-bond acceptors (Lipinski definition) is 0. The van der Waals surface area contributed by atoms with E-state index in [1.807, 2.05) is 6.08 Å². The molecule has 0 aromatic rings. The van der Waals surface area contributed by atoms with Gasteiger partial charge in [-0.25, -0.2) is 0 Å². The molecule has 0 radical (unpaired) electrons. The zero-order valence-electron chi connectivity index (χ0n) is 5.98. The van der Waals surface area contributed by atoms with Gasteiger partial charge in [0, 0.05) is 0 Å². The van der Waals surface area contributed by atoms with E-state index in [2.05, 4.69) is 20.4 Å². The minimum absolute atomic E-state index is 0.718. The Balaban J connectivity index is 2.98. The first-order chi connectivity index (χ1) is 3.81. The van der Waals surface area contributed by atoms with Crippen molar-refractivity contribution in [3.63, 3.8) is 0 Å². The second-order valence-corrected chi connectivity index (χ2v) is 2.36. The molecule has 8 heavy (non-hydrogen) atoms. The van der Waals surface area contributed by atoms with Crippen LogP contribution in [0.15, 0.2) is 12.7 Å². The van der Waals surface area contributed by atoms with Crippen LogP contribution in [0.25, 0.3) is 0 Å². The minimum atomic E-state index is 0.718. The van der Waals surface area contributed by atoms with Crippen molar-refractivity contribution in [2.24, 2.45) is 5.92 Å². The summed E-state index contributed by atoms with van der Waals surface area (Å²) in [5.41, 5.74) is 0. The zero-order valence-corrected chi connectivity index (χ0v) is 5.98. The fraction of sp³-hybridized carbons (Fsp3) is 0.750. The molecule has 0 saturated heterocycles. The van der Waals surface area contributed by atoms with Crippen LogP contribution in [0.2, 0.25) is 0 Å².